The van der Waals surface area contributed by atoms with Crippen molar-refractivity contribution >= 4 is 0 Å². The molecule has 0 heterocycles. The van der Waals surface area contributed by atoms with Crippen molar-refractivity contribution in [2.45, 2.75) is 105 Å². The summed E-state index contributed by atoms with van der Waals surface area (Å²) in [5, 5.41) is 10.5. The van der Waals surface area contributed by atoms with Gasteiger partial charge in [0, 0.05) is 0 Å². The van der Waals surface area contributed by atoms with E-state index in [9.17, 15) is 5.11 Å². The number of fused-ring (bicyclic) bond motifs is 5. The fourth-order valence-corrected chi connectivity index (χ4v) is 8.82. The van der Waals surface area contributed by atoms with Gasteiger partial charge in [-0.1, -0.05) is 65.3 Å². The van der Waals surface area contributed by atoms with Crippen molar-refractivity contribution in [3.8, 4) is 0 Å². The molecular weight excluding hydrogens is 364 g/mol. The van der Waals surface area contributed by atoms with Crippen LogP contribution in [0.25, 0.3) is 0 Å². The molecule has 0 radical (unpaired) electrons. The maximum absolute atomic E-state index is 10.5. The van der Waals surface area contributed by atoms with E-state index in [2.05, 4.69) is 54.2 Å². The predicted octanol–water partition coefficient (Wildman–Crippen LogP) is 7.80. The van der Waals surface area contributed by atoms with Crippen molar-refractivity contribution in [1.29, 1.82) is 0 Å². The average Bonchev–Trinajstić information content (AvgIpc) is 3.06. The fourth-order valence-electron chi connectivity index (χ4n) is 8.82. The number of hydrogen-bond donors (Lipinski definition) is 1. The number of aliphatic hydroxyl groups is 1. The fraction of sp³-hybridized carbons (Fsp3) is 0.862. The van der Waals surface area contributed by atoms with Crippen LogP contribution in [0, 0.1) is 52.3 Å². The second-order valence-electron chi connectivity index (χ2n) is 12.7. The van der Waals surface area contributed by atoms with E-state index in [1.165, 1.54) is 56.9 Å². The van der Waals surface area contributed by atoms with Crippen molar-refractivity contribution < 1.29 is 5.11 Å². The molecule has 3 fully saturated rings. The van der Waals surface area contributed by atoms with E-state index in [0.29, 0.717) is 28.6 Å². The van der Waals surface area contributed by atoms with Crippen LogP contribution in [0.15, 0.2) is 23.8 Å². The monoisotopic (exact) mass is 412 g/mol. The maximum Gasteiger partial charge on any atom is 0.0568 e. The molecule has 170 valence electrons. The number of rotatable bonds is 5. The molecular formula is C29H48O. The minimum atomic E-state index is -0.0795. The lowest BCUT2D eigenvalue weighted by Crippen LogP contribution is -2.52. The lowest BCUT2D eigenvalue weighted by molar-refractivity contribution is -0.0773. The standard InChI is InChI=1S/C29H48O/c1-18(2)19(3)8-9-20(4)23-12-13-25-22-10-11-24-21(5)27(30)15-17-29(24,7)26(22)14-16-28(23,25)6/h10,18,20-21,23-27,30H,3,8-9,11-17H2,1-2,4-7H3/t20-,21?,23-,24?,25+,26+,27?,28-,29+/m1/s1. The molecule has 4 aliphatic carbocycles. The number of allylic oxidation sites excluding steroid dienone is 3. The Morgan fingerprint density at radius 3 is 2.43 bits per heavy atom. The van der Waals surface area contributed by atoms with Crippen molar-refractivity contribution in [1.82, 2.24) is 0 Å². The Bertz CT molecular complexity index is 688. The molecule has 1 N–H and O–H groups in total. The summed E-state index contributed by atoms with van der Waals surface area (Å²) in [4.78, 5) is 0. The molecule has 0 aromatic heterocycles. The second kappa shape index (κ2) is 8.09. The van der Waals surface area contributed by atoms with E-state index in [1.807, 2.05) is 5.57 Å². The third-order valence-electron chi connectivity index (χ3n) is 11.1. The molecule has 0 amide bonds. The highest BCUT2D eigenvalue weighted by molar-refractivity contribution is 5.28. The van der Waals surface area contributed by atoms with Crippen molar-refractivity contribution in [2.24, 2.45) is 52.3 Å². The largest absolute Gasteiger partial charge is 0.393 e. The molecule has 0 saturated heterocycles. The summed E-state index contributed by atoms with van der Waals surface area (Å²) in [6.45, 7) is 19.0. The molecule has 4 aliphatic rings. The third kappa shape index (κ3) is 3.46. The summed E-state index contributed by atoms with van der Waals surface area (Å²) >= 11 is 0. The Hall–Kier alpha value is -0.560. The van der Waals surface area contributed by atoms with Crippen molar-refractivity contribution in [3.63, 3.8) is 0 Å². The van der Waals surface area contributed by atoms with Gasteiger partial charge in [-0.15, -0.1) is 0 Å². The number of aliphatic hydroxyl groups excluding tert-OH is 1. The van der Waals surface area contributed by atoms with Crippen LogP contribution in [0.3, 0.4) is 0 Å². The van der Waals surface area contributed by atoms with Crippen LogP contribution >= 0.6 is 0 Å². The Morgan fingerprint density at radius 2 is 1.73 bits per heavy atom. The summed E-state index contributed by atoms with van der Waals surface area (Å²) in [5.74, 6) is 5.04. The van der Waals surface area contributed by atoms with Gasteiger partial charge in [0.25, 0.3) is 0 Å². The van der Waals surface area contributed by atoms with Gasteiger partial charge in [0.15, 0.2) is 0 Å². The molecule has 0 aliphatic heterocycles. The smallest absolute Gasteiger partial charge is 0.0568 e. The van der Waals surface area contributed by atoms with Gasteiger partial charge >= 0.3 is 0 Å². The van der Waals surface area contributed by atoms with Crippen LogP contribution in [0.1, 0.15) is 99.3 Å². The molecule has 0 aromatic rings. The zero-order chi connectivity index (χ0) is 21.8. The van der Waals surface area contributed by atoms with Crippen LogP contribution in [0.4, 0.5) is 0 Å². The second-order valence-corrected chi connectivity index (χ2v) is 12.7. The molecule has 4 rings (SSSR count). The molecule has 1 heteroatoms. The van der Waals surface area contributed by atoms with E-state index in [0.717, 1.165) is 30.1 Å². The Morgan fingerprint density at radius 1 is 1.07 bits per heavy atom. The average molecular weight is 413 g/mol. The van der Waals surface area contributed by atoms with Gasteiger partial charge in [-0.25, -0.2) is 0 Å². The molecule has 30 heavy (non-hydrogen) atoms. The first-order valence-corrected chi connectivity index (χ1v) is 13.1. The first-order chi connectivity index (χ1) is 14.1. The van der Waals surface area contributed by atoms with Gasteiger partial charge in [0.05, 0.1) is 6.10 Å². The summed E-state index contributed by atoms with van der Waals surface area (Å²) in [6.07, 6.45) is 14.2. The third-order valence-corrected chi connectivity index (χ3v) is 11.1. The Kier molecular flexibility index (Phi) is 6.10. The number of hydrogen-bond acceptors (Lipinski definition) is 1. The van der Waals surface area contributed by atoms with E-state index in [1.54, 1.807) is 0 Å². The van der Waals surface area contributed by atoms with Gasteiger partial charge in [0.1, 0.15) is 0 Å². The van der Waals surface area contributed by atoms with Crippen LogP contribution in [-0.4, -0.2) is 11.2 Å². The van der Waals surface area contributed by atoms with E-state index >= 15 is 0 Å². The molecule has 9 atom stereocenters. The quantitative estimate of drug-likeness (QED) is 0.457. The minimum Gasteiger partial charge on any atom is -0.393 e. The lowest BCUT2D eigenvalue weighted by atomic mass is 9.46. The zero-order valence-electron chi connectivity index (χ0n) is 20.7. The van der Waals surface area contributed by atoms with Crippen LogP contribution in [0.2, 0.25) is 0 Å². The SMILES string of the molecule is C=C(CC[C@@H](C)[C@H]1CC[C@H]2C3=CCC4C(C)C(O)CC[C@]4(C)[C@H]3CC[C@]12C)C(C)C. The molecule has 0 bridgehead atoms. The maximum atomic E-state index is 10.5. The first-order valence-electron chi connectivity index (χ1n) is 13.1. The van der Waals surface area contributed by atoms with Crippen LogP contribution in [0.5, 0.6) is 0 Å². The summed E-state index contributed by atoms with van der Waals surface area (Å²) in [6, 6.07) is 0. The molecule has 0 spiro atoms. The highest BCUT2D eigenvalue weighted by Crippen LogP contribution is 2.67. The molecule has 3 saturated carbocycles. The summed E-state index contributed by atoms with van der Waals surface area (Å²) in [5.41, 5.74) is 4.22. The van der Waals surface area contributed by atoms with Crippen LogP contribution in [-0.2, 0) is 0 Å². The van der Waals surface area contributed by atoms with Crippen molar-refractivity contribution in [2.75, 3.05) is 0 Å². The topological polar surface area (TPSA) is 20.2 Å². The molecule has 3 unspecified atom stereocenters. The molecule has 0 aromatic carbocycles. The van der Waals surface area contributed by atoms with Gasteiger partial charge in [-0.2, -0.15) is 0 Å². The lowest BCUT2D eigenvalue weighted by Gasteiger charge is -2.59. The van der Waals surface area contributed by atoms with E-state index in [4.69, 9.17) is 0 Å². The van der Waals surface area contributed by atoms with E-state index in [-0.39, 0.29) is 6.10 Å². The summed E-state index contributed by atoms with van der Waals surface area (Å²) in [7, 11) is 0. The van der Waals surface area contributed by atoms with Gasteiger partial charge in [0.2, 0.25) is 0 Å². The molecule has 1 nitrogen and oxygen atoms in total. The highest BCUT2D eigenvalue weighted by Gasteiger charge is 2.59. The van der Waals surface area contributed by atoms with Gasteiger partial charge in [-0.05, 0) is 110 Å². The minimum absolute atomic E-state index is 0.0795. The van der Waals surface area contributed by atoms with Crippen LogP contribution < -0.4 is 0 Å². The first kappa shape index (κ1) is 22.6. The predicted molar refractivity (Wildman–Crippen MR) is 128 cm³/mol. The van der Waals surface area contributed by atoms with Crippen molar-refractivity contribution in [3.05, 3.63) is 23.8 Å². The van der Waals surface area contributed by atoms with Gasteiger partial charge < -0.3 is 5.11 Å². The summed E-state index contributed by atoms with van der Waals surface area (Å²) < 4.78 is 0. The van der Waals surface area contributed by atoms with Gasteiger partial charge in [-0.3, -0.25) is 0 Å². The highest BCUT2D eigenvalue weighted by atomic mass is 16.3. The normalized spacial score (nSPS) is 46.6. The zero-order valence-corrected chi connectivity index (χ0v) is 20.7. The Labute approximate surface area is 186 Å². The Balaban J connectivity index is 1.52. The van der Waals surface area contributed by atoms with E-state index < -0.39 is 0 Å².